The molecule has 0 aromatic heterocycles. The largest absolute Gasteiger partial charge is 0.507 e. The van der Waals surface area contributed by atoms with Gasteiger partial charge in [-0.2, -0.15) is 0 Å². The lowest BCUT2D eigenvalue weighted by Gasteiger charge is -2.28. The summed E-state index contributed by atoms with van der Waals surface area (Å²) in [5, 5.41) is 20.2. The molecule has 0 fully saturated rings. The van der Waals surface area contributed by atoms with Crippen LogP contribution in [0.3, 0.4) is 0 Å². The van der Waals surface area contributed by atoms with Gasteiger partial charge in [0.1, 0.15) is 5.75 Å². The molecule has 2 aromatic rings. The zero-order valence-electron chi connectivity index (χ0n) is 19.0. The Hall–Kier alpha value is -2.55. The summed E-state index contributed by atoms with van der Waals surface area (Å²) in [5.74, 6) is -0.536. The zero-order valence-corrected chi connectivity index (χ0v) is 19.0. The number of hydrogen-bond acceptors (Lipinski definition) is 2. The van der Waals surface area contributed by atoms with Crippen LogP contribution >= 0.6 is 0 Å². The molecule has 2 N–H and O–H groups in total. The van der Waals surface area contributed by atoms with E-state index in [-0.39, 0.29) is 10.8 Å². The molecule has 0 radical (unpaired) electrons. The molecule has 2 rings (SSSR count). The molecule has 0 heterocycles. The number of rotatable bonds is 4. The number of carboxylic acids is 1. The molecule has 3 nitrogen and oxygen atoms in total. The molecule has 0 bridgehead atoms. The zero-order chi connectivity index (χ0) is 22.1. The number of aryl methyl sites for hydroxylation is 1. The first-order valence-corrected chi connectivity index (χ1v) is 10.1. The summed E-state index contributed by atoms with van der Waals surface area (Å²) in [7, 11) is 0. The van der Waals surface area contributed by atoms with Gasteiger partial charge in [-0.05, 0) is 65.0 Å². The van der Waals surface area contributed by atoms with Crippen molar-refractivity contribution >= 4 is 12.0 Å². The lowest BCUT2D eigenvalue weighted by atomic mass is 9.77. The van der Waals surface area contributed by atoms with Crippen LogP contribution in [0, 0.1) is 6.92 Å². The molecule has 2 aromatic carbocycles. The monoisotopic (exact) mass is 394 g/mol. The summed E-state index contributed by atoms with van der Waals surface area (Å²) in [6.45, 7) is 16.3. The number of carboxylic acid groups (broad SMARTS) is 1. The molecule has 0 unspecified atom stereocenters. The third-order valence-electron chi connectivity index (χ3n) is 5.19. The molecule has 0 amide bonds. The summed E-state index contributed by atoms with van der Waals surface area (Å²) >= 11 is 0. The van der Waals surface area contributed by atoms with Gasteiger partial charge in [-0.25, -0.2) is 4.79 Å². The standard InChI is InChI=1S/C26H34O3/c1-16-9-10-19(12-17(2)24(28)29)20(11-16)13-18-14-21(25(3,4)5)23(27)22(15-18)26(6,7)8/h9-12,14-15,27H,13H2,1-8H3,(H,28,29)/b17-12+. The van der Waals surface area contributed by atoms with E-state index in [0.717, 1.165) is 33.4 Å². The van der Waals surface area contributed by atoms with E-state index in [4.69, 9.17) is 0 Å². The van der Waals surface area contributed by atoms with E-state index in [0.29, 0.717) is 17.7 Å². The SMILES string of the molecule is C/C(=C\c1ccc(C)cc1Cc1cc(C(C)(C)C)c(O)c(C(C)(C)C)c1)C(=O)O. The Morgan fingerprint density at radius 1 is 0.966 bits per heavy atom. The van der Waals surface area contributed by atoms with Gasteiger partial charge in [0.05, 0.1) is 0 Å². The Morgan fingerprint density at radius 3 is 1.93 bits per heavy atom. The van der Waals surface area contributed by atoms with Crippen molar-refractivity contribution in [3.63, 3.8) is 0 Å². The van der Waals surface area contributed by atoms with E-state index in [1.54, 1.807) is 13.0 Å². The van der Waals surface area contributed by atoms with Crippen LogP contribution in [0.1, 0.15) is 81.8 Å². The fourth-order valence-corrected chi connectivity index (χ4v) is 3.48. The van der Waals surface area contributed by atoms with Gasteiger partial charge in [0.25, 0.3) is 0 Å². The van der Waals surface area contributed by atoms with Crippen molar-refractivity contribution in [1.29, 1.82) is 0 Å². The maximum Gasteiger partial charge on any atom is 0.331 e. The van der Waals surface area contributed by atoms with Crippen molar-refractivity contribution < 1.29 is 15.0 Å². The number of phenolic OH excluding ortho intramolecular Hbond substituents is 1. The molecular formula is C26H34O3. The highest BCUT2D eigenvalue weighted by Gasteiger charge is 2.26. The number of carbonyl (C=O) groups is 1. The van der Waals surface area contributed by atoms with Crippen LogP contribution in [0.15, 0.2) is 35.9 Å². The van der Waals surface area contributed by atoms with Crippen LogP contribution in [0.2, 0.25) is 0 Å². The van der Waals surface area contributed by atoms with Crippen LogP contribution in [-0.2, 0) is 22.0 Å². The number of benzene rings is 2. The van der Waals surface area contributed by atoms with Crippen LogP contribution < -0.4 is 0 Å². The van der Waals surface area contributed by atoms with Crippen LogP contribution in [0.5, 0.6) is 5.75 Å². The number of hydrogen-bond donors (Lipinski definition) is 2. The maximum absolute atomic E-state index is 11.3. The quantitative estimate of drug-likeness (QED) is 0.592. The molecule has 3 heteroatoms. The van der Waals surface area contributed by atoms with Crippen molar-refractivity contribution in [3.8, 4) is 5.75 Å². The van der Waals surface area contributed by atoms with Crippen LogP contribution in [0.4, 0.5) is 0 Å². The van der Waals surface area contributed by atoms with E-state index in [1.165, 1.54) is 0 Å². The summed E-state index contributed by atoms with van der Waals surface area (Å²) in [5.41, 5.74) is 6.06. The summed E-state index contributed by atoms with van der Waals surface area (Å²) in [6.07, 6.45) is 2.40. The van der Waals surface area contributed by atoms with Gasteiger partial charge in [-0.3, -0.25) is 0 Å². The molecule has 156 valence electrons. The Labute approximate surface area is 175 Å². The normalized spacial score (nSPS) is 12.9. The highest BCUT2D eigenvalue weighted by Crippen LogP contribution is 2.40. The third kappa shape index (κ3) is 5.50. The van der Waals surface area contributed by atoms with E-state index in [9.17, 15) is 15.0 Å². The van der Waals surface area contributed by atoms with Crippen molar-refractivity contribution in [2.24, 2.45) is 0 Å². The smallest absolute Gasteiger partial charge is 0.331 e. The first-order chi connectivity index (χ1) is 13.2. The Morgan fingerprint density at radius 2 is 1.48 bits per heavy atom. The van der Waals surface area contributed by atoms with Crippen molar-refractivity contribution in [2.45, 2.75) is 72.6 Å². The van der Waals surface area contributed by atoms with Crippen molar-refractivity contribution in [2.75, 3.05) is 0 Å². The minimum atomic E-state index is -0.911. The summed E-state index contributed by atoms with van der Waals surface area (Å²) in [4.78, 5) is 11.3. The van der Waals surface area contributed by atoms with Crippen LogP contribution in [-0.4, -0.2) is 16.2 Å². The fourth-order valence-electron chi connectivity index (χ4n) is 3.48. The van der Waals surface area contributed by atoms with Crippen molar-refractivity contribution in [3.05, 3.63) is 69.3 Å². The van der Waals surface area contributed by atoms with Crippen LogP contribution in [0.25, 0.3) is 6.08 Å². The lowest BCUT2D eigenvalue weighted by Crippen LogP contribution is -2.18. The van der Waals surface area contributed by atoms with E-state index in [1.807, 2.05) is 19.1 Å². The Bertz CT molecular complexity index is 916. The maximum atomic E-state index is 11.3. The number of aromatic hydroxyl groups is 1. The minimum Gasteiger partial charge on any atom is -0.507 e. The van der Waals surface area contributed by atoms with Gasteiger partial charge in [-0.15, -0.1) is 0 Å². The molecule has 0 aliphatic heterocycles. The second kappa shape index (κ2) is 8.06. The second-order valence-corrected chi connectivity index (χ2v) is 10.1. The van der Waals surface area contributed by atoms with E-state index >= 15 is 0 Å². The Kier molecular flexibility index (Phi) is 6.32. The highest BCUT2D eigenvalue weighted by atomic mass is 16.4. The number of phenols is 1. The molecule has 0 saturated heterocycles. The van der Waals surface area contributed by atoms with Gasteiger partial charge >= 0.3 is 5.97 Å². The minimum absolute atomic E-state index is 0.185. The van der Waals surface area contributed by atoms with Gasteiger partial charge in [0.15, 0.2) is 0 Å². The summed E-state index contributed by atoms with van der Waals surface area (Å²) < 4.78 is 0. The lowest BCUT2D eigenvalue weighted by molar-refractivity contribution is -0.132. The molecule has 0 saturated carbocycles. The molecule has 0 aliphatic carbocycles. The molecular weight excluding hydrogens is 360 g/mol. The van der Waals surface area contributed by atoms with E-state index in [2.05, 4.69) is 59.7 Å². The first kappa shape index (κ1) is 22.7. The van der Waals surface area contributed by atoms with Gasteiger partial charge in [-0.1, -0.05) is 77.4 Å². The molecule has 0 spiro atoms. The Balaban J connectivity index is 2.65. The van der Waals surface area contributed by atoms with Gasteiger partial charge < -0.3 is 10.2 Å². The first-order valence-electron chi connectivity index (χ1n) is 10.1. The van der Waals surface area contributed by atoms with Gasteiger partial charge in [0.2, 0.25) is 0 Å². The third-order valence-corrected chi connectivity index (χ3v) is 5.19. The molecule has 0 atom stereocenters. The van der Waals surface area contributed by atoms with Crippen molar-refractivity contribution in [1.82, 2.24) is 0 Å². The summed E-state index contributed by atoms with van der Waals surface area (Å²) in [6, 6.07) is 10.3. The topological polar surface area (TPSA) is 57.5 Å². The second-order valence-electron chi connectivity index (χ2n) is 10.1. The number of aliphatic carboxylic acids is 1. The average Bonchev–Trinajstić information content (AvgIpc) is 2.56. The predicted molar refractivity (Wildman–Crippen MR) is 121 cm³/mol. The molecule has 0 aliphatic rings. The average molecular weight is 395 g/mol. The molecule has 29 heavy (non-hydrogen) atoms. The highest BCUT2D eigenvalue weighted by molar-refractivity contribution is 5.91. The fraction of sp³-hybridized carbons (Fsp3) is 0.423. The van der Waals surface area contributed by atoms with E-state index < -0.39 is 5.97 Å². The van der Waals surface area contributed by atoms with Gasteiger partial charge in [0, 0.05) is 5.57 Å². The predicted octanol–water partition coefficient (Wildman–Crippen LogP) is 6.37.